The first-order valence-corrected chi connectivity index (χ1v) is 9.77. The van der Waals surface area contributed by atoms with E-state index in [1.54, 1.807) is 30.3 Å². The van der Waals surface area contributed by atoms with Crippen molar-refractivity contribution in [3.63, 3.8) is 0 Å². The smallest absolute Gasteiger partial charge is 0.344 e. The van der Waals surface area contributed by atoms with Crippen LogP contribution in [0.15, 0.2) is 67.0 Å². The fourth-order valence-corrected chi connectivity index (χ4v) is 3.67. The average molecular weight is 406 g/mol. The Balaban J connectivity index is 2.02. The van der Waals surface area contributed by atoms with Crippen molar-refractivity contribution in [2.75, 3.05) is 13.1 Å². The molecule has 0 aliphatic rings. The van der Waals surface area contributed by atoms with Gasteiger partial charge in [-0.15, -0.1) is 0 Å². The highest BCUT2D eigenvalue weighted by molar-refractivity contribution is 5.97. The molecule has 30 heavy (non-hydrogen) atoms. The van der Waals surface area contributed by atoms with Gasteiger partial charge < -0.3 is 13.7 Å². The highest BCUT2D eigenvalue weighted by Crippen LogP contribution is 2.34. The summed E-state index contributed by atoms with van der Waals surface area (Å²) >= 11 is 0. The first kappa shape index (κ1) is 19.9. The Labute approximate surface area is 172 Å². The summed E-state index contributed by atoms with van der Waals surface area (Å²) in [4.78, 5) is 32.3. The van der Waals surface area contributed by atoms with Crippen LogP contribution in [0.5, 0.6) is 5.75 Å². The Bertz CT molecular complexity index is 1340. The fraction of sp³-hybridized carbons (Fsp3) is 0.217. The van der Waals surface area contributed by atoms with E-state index in [0.29, 0.717) is 45.5 Å². The maximum atomic E-state index is 12.7. The molecule has 4 rings (SSSR count). The second kappa shape index (κ2) is 8.14. The van der Waals surface area contributed by atoms with Crippen LogP contribution in [0, 0.1) is 0 Å². The van der Waals surface area contributed by atoms with Gasteiger partial charge in [0.25, 0.3) is 0 Å². The molecule has 0 radical (unpaired) electrons. The molecule has 0 fully saturated rings. The Morgan fingerprint density at radius 3 is 2.47 bits per heavy atom. The minimum atomic E-state index is -0.569. The first-order chi connectivity index (χ1) is 14.5. The van der Waals surface area contributed by atoms with Crippen molar-refractivity contribution < 1.29 is 13.7 Å². The molecule has 0 unspecified atom stereocenters. The first-order valence-electron chi connectivity index (χ1n) is 9.77. The third-order valence-electron chi connectivity index (χ3n) is 5.31. The third kappa shape index (κ3) is 3.49. The Hall–Kier alpha value is -3.42. The van der Waals surface area contributed by atoms with Crippen LogP contribution in [-0.2, 0) is 6.54 Å². The summed E-state index contributed by atoms with van der Waals surface area (Å²) in [5.41, 5.74) is 1.14. The highest BCUT2D eigenvalue weighted by Gasteiger charge is 2.19. The van der Waals surface area contributed by atoms with Crippen LogP contribution in [0.25, 0.3) is 33.1 Å². The number of hydrogen-bond donors (Lipinski definition) is 1. The summed E-state index contributed by atoms with van der Waals surface area (Å²) in [6.07, 6.45) is 0. The molecule has 0 aliphatic carbocycles. The van der Waals surface area contributed by atoms with Crippen LogP contribution in [0.3, 0.4) is 0 Å². The minimum Gasteiger partial charge on any atom is -0.422 e. The average Bonchev–Trinajstić information content (AvgIpc) is 2.76. The van der Waals surface area contributed by atoms with Crippen molar-refractivity contribution in [1.29, 1.82) is 0 Å². The Morgan fingerprint density at radius 1 is 0.967 bits per heavy atom. The van der Waals surface area contributed by atoms with E-state index in [0.717, 1.165) is 18.5 Å². The second-order valence-corrected chi connectivity index (χ2v) is 6.96. The van der Waals surface area contributed by atoms with Gasteiger partial charge in [0.2, 0.25) is 0 Å². The lowest BCUT2D eigenvalue weighted by molar-refractivity contribution is 0.280. The molecule has 2 aromatic heterocycles. The van der Waals surface area contributed by atoms with Crippen molar-refractivity contribution in [3.8, 4) is 16.9 Å². The maximum absolute atomic E-state index is 12.7. The van der Waals surface area contributed by atoms with Crippen molar-refractivity contribution >= 4 is 21.9 Å². The van der Waals surface area contributed by atoms with Crippen molar-refractivity contribution in [2.24, 2.45) is 5.90 Å². The molecule has 0 atom stereocenters. The zero-order valence-electron chi connectivity index (χ0n) is 16.8. The molecule has 7 nitrogen and oxygen atoms in total. The quantitative estimate of drug-likeness (QED) is 0.385. The monoisotopic (exact) mass is 406 g/mol. The van der Waals surface area contributed by atoms with Crippen LogP contribution < -0.4 is 22.0 Å². The fourth-order valence-electron chi connectivity index (χ4n) is 3.67. The second-order valence-electron chi connectivity index (χ2n) is 6.96. The Kier molecular flexibility index (Phi) is 5.39. The molecule has 7 heteroatoms. The van der Waals surface area contributed by atoms with Crippen molar-refractivity contribution in [3.05, 3.63) is 74.9 Å². The molecule has 2 heterocycles. The van der Waals surface area contributed by atoms with Crippen LogP contribution in [0.4, 0.5) is 0 Å². The number of hydrogen-bond acceptors (Lipinski definition) is 7. The van der Waals surface area contributed by atoms with Crippen LogP contribution in [-0.4, -0.2) is 18.0 Å². The van der Waals surface area contributed by atoms with Gasteiger partial charge >= 0.3 is 11.3 Å². The number of nitrogens with zero attached hydrogens (tertiary/aromatic N) is 1. The summed E-state index contributed by atoms with van der Waals surface area (Å²) in [6, 6.07) is 13.7. The third-order valence-corrected chi connectivity index (χ3v) is 5.31. The van der Waals surface area contributed by atoms with E-state index in [1.807, 2.05) is 26.0 Å². The summed E-state index contributed by atoms with van der Waals surface area (Å²) in [5.74, 6) is 5.89. The molecule has 2 N–H and O–H groups in total. The number of nitrogens with two attached hydrogens (primary N) is 1. The highest BCUT2D eigenvalue weighted by atomic mass is 16.6. The van der Waals surface area contributed by atoms with Gasteiger partial charge in [-0.1, -0.05) is 32.0 Å². The standard InChI is InChI=1S/C23H22N2O5/c1-3-25(4-2)13-18-20(30-24)10-9-15-16(12-21(26)29-22(15)18)17-11-14-7-5-6-8-19(14)28-23(17)27/h5-12H,3-4,13,24H2,1-2H3. The van der Waals surface area contributed by atoms with Crippen molar-refractivity contribution in [2.45, 2.75) is 20.4 Å². The lowest BCUT2D eigenvalue weighted by Gasteiger charge is -2.20. The van der Waals surface area contributed by atoms with Crippen molar-refractivity contribution in [1.82, 2.24) is 4.90 Å². The molecular formula is C23H22N2O5. The van der Waals surface area contributed by atoms with E-state index in [1.165, 1.54) is 6.07 Å². The number of para-hydroxylation sites is 1. The van der Waals surface area contributed by atoms with E-state index in [4.69, 9.17) is 19.6 Å². The van der Waals surface area contributed by atoms with E-state index in [2.05, 4.69) is 4.90 Å². The van der Waals surface area contributed by atoms with Crippen LogP contribution in [0.1, 0.15) is 19.4 Å². The summed E-state index contributed by atoms with van der Waals surface area (Å²) in [5, 5.41) is 1.37. The molecule has 154 valence electrons. The van der Waals surface area contributed by atoms with E-state index < -0.39 is 11.3 Å². The van der Waals surface area contributed by atoms with Gasteiger partial charge in [0.05, 0.1) is 11.1 Å². The summed E-state index contributed by atoms with van der Waals surface area (Å²) in [7, 11) is 0. The largest absolute Gasteiger partial charge is 0.422 e. The van der Waals surface area contributed by atoms with Gasteiger partial charge in [-0.2, -0.15) is 5.90 Å². The SMILES string of the molecule is CCN(CC)Cc1c(ON)ccc2c(-c3cc4ccccc4oc3=O)cc(=O)oc12. The van der Waals surface area contributed by atoms with Gasteiger partial charge in [-0.3, -0.25) is 4.90 Å². The minimum absolute atomic E-state index is 0.293. The van der Waals surface area contributed by atoms with Gasteiger partial charge in [-0.25, -0.2) is 9.59 Å². The topological polar surface area (TPSA) is 98.9 Å². The van der Waals surface area contributed by atoms with Gasteiger partial charge in [0.1, 0.15) is 11.2 Å². The Morgan fingerprint density at radius 2 is 1.73 bits per heavy atom. The van der Waals surface area contributed by atoms with Crippen LogP contribution >= 0.6 is 0 Å². The summed E-state index contributed by atoms with van der Waals surface area (Å²) in [6.45, 7) is 6.17. The zero-order valence-corrected chi connectivity index (χ0v) is 16.8. The lowest BCUT2D eigenvalue weighted by atomic mass is 9.99. The molecule has 0 bridgehead atoms. The number of fused-ring (bicyclic) bond motifs is 2. The van der Waals surface area contributed by atoms with E-state index in [9.17, 15) is 9.59 Å². The molecule has 0 spiro atoms. The molecule has 0 saturated heterocycles. The predicted octanol–water partition coefficient (Wildman–Crippen LogP) is 3.66. The molecule has 0 aliphatic heterocycles. The number of benzene rings is 2. The summed E-state index contributed by atoms with van der Waals surface area (Å²) < 4.78 is 11.0. The maximum Gasteiger partial charge on any atom is 0.344 e. The predicted molar refractivity (Wildman–Crippen MR) is 115 cm³/mol. The van der Waals surface area contributed by atoms with Gasteiger partial charge in [0.15, 0.2) is 5.75 Å². The van der Waals surface area contributed by atoms with E-state index in [-0.39, 0.29) is 0 Å². The zero-order chi connectivity index (χ0) is 21.3. The molecule has 0 saturated carbocycles. The molecule has 0 amide bonds. The lowest BCUT2D eigenvalue weighted by Crippen LogP contribution is -2.23. The van der Waals surface area contributed by atoms with Crippen LogP contribution in [0.2, 0.25) is 0 Å². The molecule has 2 aromatic carbocycles. The normalized spacial score (nSPS) is 11.5. The van der Waals surface area contributed by atoms with Gasteiger partial charge in [0, 0.05) is 28.9 Å². The van der Waals surface area contributed by atoms with E-state index >= 15 is 0 Å². The molecular weight excluding hydrogens is 384 g/mol. The molecule has 4 aromatic rings. The van der Waals surface area contributed by atoms with Gasteiger partial charge in [-0.05, 0) is 37.4 Å². The number of rotatable bonds is 6.